The highest BCUT2D eigenvalue weighted by Crippen LogP contribution is 2.41. The van der Waals surface area contributed by atoms with Gasteiger partial charge in [0.1, 0.15) is 10.1 Å². The summed E-state index contributed by atoms with van der Waals surface area (Å²) in [6, 6.07) is 0.344. The molecule has 0 aromatic heterocycles. The fraction of sp³-hybridized carbons (Fsp3) is 0.609. The van der Waals surface area contributed by atoms with Gasteiger partial charge in [-0.1, -0.05) is 26.8 Å². The van der Waals surface area contributed by atoms with Crippen LogP contribution in [0.25, 0.3) is 0 Å². The summed E-state index contributed by atoms with van der Waals surface area (Å²) in [5.41, 5.74) is 1.71. The lowest BCUT2D eigenvalue weighted by molar-refractivity contribution is -0.137. The average molecular weight is 547 g/mol. The van der Waals surface area contributed by atoms with Crippen molar-refractivity contribution in [2.24, 2.45) is 9.93 Å². The first-order chi connectivity index (χ1) is 16.7. The smallest absolute Gasteiger partial charge is 0.285 e. The van der Waals surface area contributed by atoms with Crippen molar-refractivity contribution in [3.05, 3.63) is 35.2 Å². The molecule has 1 spiro atoms. The Hall–Kier alpha value is -1.40. The molecule has 3 aliphatic rings. The van der Waals surface area contributed by atoms with E-state index in [1.54, 1.807) is 11.1 Å². The number of rotatable bonds is 8. The normalized spacial score (nSPS) is 21.1. The van der Waals surface area contributed by atoms with Crippen LogP contribution in [0.15, 0.2) is 39.7 Å². The van der Waals surface area contributed by atoms with Crippen molar-refractivity contribution in [1.29, 1.82) is 10.8 Å². The van der Waals surface area contributed by atoms with E-state index in [-0.39, 0.29) is 16.3 Å². The molecule has 35 heavy (non-hydrogen) atoms. The molecule has 1 unspecified atom stereocenters. The number of nitrogens with one attached hydrogen (secondary N) is 3. The fourth-order valence-corrected chi connectivity index (χ4v) is 5.92. The molecule has 3 rings (SSSR count). The topological polar surface area (TPSA) is 87.8 Å². The van der Waals surface area contributed by atoms with Gasteiger partial charge in [0, 0.05) is 47.4 Å². The number of amidine groups is 1. The lowest BCUT2D eigenvalue weighted by Gasteiger charge is -2.49. The Bertz CT molecular complexity index is 912. The molecule has 2 saturated heterocycles. The minimum atomic E-state index is -2.97. The Labute approximate surface area is 219 Å². The molecule has 2 fully saturated rings. The monoisotopic (exact) mass is 546 g/mol. The minimum Gasteiger partial charge on any atom is -0.380 e. The standard InChI is InChI=1S/C23H33ClF2N6OS2/c1-4-6-16(5-2)30-35-17-11-18(31-9-7-23(8-10-31)13-33-14-23)15(3)32(12-17)22(29-24)21(28)34-20(27)19(25)26/h11-12,16,19,27-28,30H,3-10,13-14H2,1-2H3/b27-20?,28-21?,29-22-. The number of nitrogens with zero attached hydrogens (tertiary/aromatic N) is 3. The summed E-state index contributed by atoms with van der Waals surface area (Å²) in [5, 5.41) is 14.5. The van der Waals surface area contributed by atoms with Crippen LogP contribution < -0.4 is 4.72 Å². The number of halogens is 3. The molecule has 0 aromatic carbocycles. The molecule has 3 aliphatic heterocycles. The maximum atomic E-state index is 12.9. The van der Waals surface area contributed by atoms with Gasteiger partial charge in [0.15, 0.2) is 5.84 Å². The van der Waals surface area contributed by atoms with Crippen molar-refractivity contribution in [3.63, 3.8) is 0 Å². The largest absolute Gasteiger partial charge is 0.380 e. The quantitative estimate of drug-likeness (QED) is 0.197. The zero-order valence-corrected chi connectivity index (χ0v) is 22.5. The summed E-state index contributed by atoms with van der Waals surface area (Å²) in [5.74, 6) is -0.0442. The van der Waals surface area contributed by atoms with Gasteiger partial charge in [0.25, 0.3) is 6.43 Å². The number of allylic oxidation sites excluding steroid dienone is 1. The van der Waals surface area contributed by atoms with Gasteiger partial charge in [-0.3, -0.25) is 20.4 Å². The molecule has 0 aliphatic carbocycles. The first-order valence-corrected chi connectivity index (χ1v) is 13.7. The highest BCUT2D eigenvalue weighted by Gasteiger charge is 2.42. The Morgan fingerprint density at radius 2 is 2.00 bits per heavy atom. The van der Waals surface area contributed by atoms with Crippen molar-refractivity contribution < 1.29 is 13.5 Å². The Morgan fingerprint density at radius 1 is 1.31 bits per heavy atom. The van der Waals surface area contributed by atoms with Gasteiger partial charge in [-0.25, -0.2) is 8.78 Å². The van der Waals surface area contributed by atoms with E-state index in [2.05, 4.69) is 40.6 Å². The predicted molar refractivity (Wildman–Crippen MR) is 143 cm³/mol. The van der Waals surface area contributed by atoms with E-state index in [4.69, 9.17) is 27.3 Å². The second-order valence-corrected chi connectivity index (χ2v) is 11.1. The van der Waals surface area contributed by atoms with E-state index in [0.29, 0.717) is 23.5 Å². The van der Waals surface area contributed by atoms with Gasteiger partial charge in [-0.2, -0.15) is 4.51 Å². The summed E-state index contributed by atoms with van der Waals surface area (Å²) < 4.78 is 38.5. The number of likely N-dealkylation sites (tertiary alicyclic amines) is 1. The van der Waals surface area contributed by atoms with Crippen LogP contribution in [0.3, 0.4) is 0 Å². The first kappa shape index (κ1) is 28.2. The molecule has 194 valence electrons. The van der Waals surface area contributed by atoms with E-state index >= 15 is 0 Å². The van der Waals surface area contributed by atoms with Crippen LogP contribution >= 0.6 is 35.5 Å². The third-order valence-electron chi connectivity index (χ3n) is 6.50. The molecular weight excluding hydrogens is 514 g/mol. The lowest BCUT2D eigenvalue weighted by Crippen LogP contribution is -2.51. The predicted octanol–water partition coefficient (Wildman–Crippen LogP) is 5.98. The lowest BCUT2D eigenvalue weighted by atomic mass is 9.76. The third-order valence-corrected chi connectivity index (χ3v) is 8.35. The van der Waals surface area contributed by atoms with Crippen LogP contribution in [-0.4, -0.2) is 64.5 Å². The third kappa shape index (κ3) is 6.88. The van der Waals surface area contributed by atoms with Crippen molar-refractivity contribution in [2.75, 3.05) is 26.3 Å². The Kier molecular flexibility index (Phi) is 10.2. The van der Waals surface area contributed by atoms with E-state index in [1.165, 1.54) is 11.9 Å². The van der Waals surface area contributed by atoms with Crippen molar-refractivity contribution >= 4 is 51.4 Å². The second kappa shape index (κ2) is 12.7. The molecule has 3 N–H and O–H groups in total. The van der Waals surface area contributed by atoms with Crippen LogP contribution in [0.2, 0.25) is 0 Å². The van der Waals surface area contributed by atoms with Crippen molar-refractivity contribution in [2.45, 2.75) is 58.4 Å². The zero-order chi connectivity index (χ0) is 25.6. The highest BCUT2D eigenvalue weighted by molar-refractivity contribution is 8.28. The van der Waals surface area contributed by atoms with Gasteiger partial charge in [-0.15, -0.1) is 0 Å². The fourth-order valence-electron chi connectivity index (χ4n) is 4.24. The summed E-state index contributed by atoms with van der Waals surface area (Å²) in [6.07, 6.45) is 6.00. The summed E-state index contributed by atoms with van der Waals surface area (Å²) >= 11 is 7.67. The van der Waals surface area contributed by atoms with Crippen LogP contribution in [0.4, 0.5) is 8.78 Å². The van der Waals surface area contributed by atoms with Gasteiger partial charge in [-0.05, 0) is 55.5 Å². The number of alkyl halides is 2. The molecule has 12 heteroatoms. The molecule has 7 nitrogen and oxygen atoms in total. The first-order valence-electron chi connectivity index (χ1n) is 11.7. The maximum Gasteiger partial charge on any atom is 0.285 e. The molecule has 0 bridgehead atoms. The number of thioether (sulfide) groups is 1. The zero-order valence-electron chi connectivity index (χ0n) is 20.1. The van der Waals surface area contributed by atoms with E-state index in [9.17, 15) is 8.78 Å². The van der Waals surface area contributed by atoms with Gasteiger partial charge < -0.3 is 9.64 Å². The number of hydrogen-bond donors (Lipinski definition) is 3. The number of piperidine rings is 1. The van der Waals surface area contributed by atoms with Crippen molar-refractivity contribution in [3.8, 4) is 0 Å². The van der Waals surface area contributed by atoms with Crippen molar-refractivity contribution in [1.82, 2.24) is 14.5 Å². The molecule has 0 amide bonds. The molecule has 0 radical (unpaired) electrons. The summed E-state index contributed by atoms with van der Waals surface area (Å²) in [6.45, 7) is 11.8. The number of hydrogen-bond acceptors (Lipinski definition) is 8. The Balaban J connectivity index is 1.83. The minimum absolute atomic E-state index is 0.0442. The maximum absolute atomic E-state index is 12.9. The van der Waals surface area contributed by atoms with E-state index in [0.717, 1.165) is 69.0 Å². The Morgan fingerprint density at radius 3 is 2.51 bits per heavy atom. The molecule has 0 aromatic rings. The molecular formula is C23H33ClF2N6OS2. The highest BCUT2D eigenvalue weighted by atomic mass is 35.5. The van der Waals surface area contributed by atoms with Gasteiger partial charge in [0.2, 0.25) is 0 Å². The second-order valence-electron chi connectivity index (χ2n) is 8.98. The summed E-state index contributed by atoms with van der Waals surface area (Å²) in [7, 11) is 0. The summed E-state index contributed by atoms with van der Waals surface area (Å²) in [4.78, 5) is 4.70. The van der Waals surface area contributed by atoms with Crippen LogP contribution in [-0.2, 0) is 4.74 Å². The van der Waals surface area contributed by atoms with E-state index < -0.39 is 11.5 Å². The average Bonchev–Trinajstić information content (AvgIpc) is 2.82. The van der Waals surface area contributed by atoms with Crippen LogP contribution in [0.5, 0.6) is 0 Å². The van der Waals surface area contributed by atoms with Crippen LogP contribution in [0, 0.1) is 16.2 Å². The molecule has 0 saturated carbocycles. The van der Waals surface area contributed by atoms with Gasteiger partial charge >= 0.3 is 0 Å². The van der Waals surface area contributed by atoms with E-state index in [1.807, 2.05) is 0 Å². The van der Waals surface area contributed by atoms with Crippen LogP contribution in [0.1, 0.15) is 46.0 Å². The molecule has 3 heterocycles. The molecule has 1 atom stereocenters. The number of ether oxygens (including phenoxy) is 1. The van der Waals surface area contributed by atoms with Gasteiger partial charge in [0.05, 0.1) is 24.6 Å². The SMILES string of the molecule is C=C1C(N2CCC3(CC2)COC3)=CC(SNC(CC)CCC)=CN1/C(=N\Cl)C(=N)SC(=N)C(F)F.